The standard InChI is InChI=1S/C15H12FNO3S/c16-13-7-12(2-1-11(13)3-4-14(18)19)15(20)17-8-10-5-6-21-9-10/h1-7,9H,8H2,(H,17,20)(H,18,19). The van der Waals surface area contributed by atoms with Crippen LogP contribution < -0.4 is 5.32 Å². The number of hydrogen-bond donors (Lipinski definition) is 2. The van der Waals surface area contributed by atoms with Gasteiger partial charge in [0.25, 0.3) is 5.91 Å². The minimum atomic E-state index is -1.16. The minimum Gasteiger partial charge on any atom is -0.478 e. The Hall–Kier alpha value is -2.47. The van der Waals surface area contributed by atoms with Crippen LogP contribution in [0.4, 0.5) is 4.39 Å². The average molecular weight is 305 g/mol. The van der Waals surface area contributed by atoms with Gasteiger partial charge in [-0.25, -0.2) is 9.18 Å². The zero-order valence-corrected chi connectivity index (χ0v) is 11.7. The van der Waals surface area contributed by atoms with Gasteiger partial charge in [0, 0.05) is 23.7 Å². The number of aliphatic carboxylic acids is 1. The lowest BCUT2D eigenvalue weighted by molar-refractivity contribution is -0.131. The number of carbonyl (C=O) groups excluding carboxylic acids is 1. The third-order valence-corrected chi connectivity index (χ3v) is 3.43. The van der Waals surface area contributed by atoms with E-state index in [-0.39, 0.29) is 17.0 Å². The van der Waals surface area contributed by atoms with Crippen molar-refractivity contribution in [1.29, 1.82) is 0 Å². The van der Waals surface area contributed by atoms with E-state index < -0.39 is 11.8 Å². The largest absolute Gasteiger partial charge is 0.478 e. The second-order valence-electron chi connectivity index (χ2n) is 4.22. The number of hydrogen-bond acceptors (Lipinski definition) is 3. The van der Waals surface area contributed by atoms with Gasteiger partial charge in [-0.2, -0.15) is 11.3 Å². The van der Waals surface area contributed by atoms with Crippen LogP contribution in [0.2, 0.25) is 0 Å². The first-order valence-corrected chi connectivity index (χ1v) is 7.00. The summed E-state index contributed by atoms with van der Waals surface area (Å²) in [5, 5.41) is 15.0. The Morgan fingerprint density at radius 1 is 1.33 bits per heavy atom. The summed E-state index contributed by atoms with van der Waals surface area (Å²) in [6, 6.07) is 5.80. The Kier molecular flexibility index (Phi) is 4.84. The summed E-state index contributed by atoms with van der Waals surface area (Å²) in [5.74, 6) is -2.18. The zero-order valence-electron chi connectivity index (χ0n) is 10.9. The molecule has 0 saturated heterocycles. The van der Waals surface area contributed by atoms with Crippen molar-refractivity contribution in [2.45, 2.75) is 6.54 Å². The van der Waals surface area contributed by atoms with Crippen LogP contribution >= 0.6 is 11.3 Å². The molecular formula is C15H12FNO3S. The molecule has 1 aromatic heterocycles. The number of rotatable bonds is 5. The fraction of sp³-hybridized carbons (Fsp3) is 0.0667. The molecule has 4 nitrogen and oxygen atoms in total. The van der Waals surface area contributed by atoms with E-state index in [4.69, 9.17) is 5.11 Å². The van der Waals surface area contributed by atoms with Gasteiger partial charge in [0.2, 0.25) is 0 Å². The quantitative estimate of drug-likeness (QED) is 0.835. The number of thiophene rings is 1. The van der Waals surface area contributed by atoms with E-state index in [1.807, 2.05) is 16.8 Å². The summed E-state index contributed by atoms with van der Waals surface area (Å²) in [7, 11) is 0. The topological polar surface area (TPSA) is 66.4 Å². The van der Waals surface area contributed by atoms with Crippen molar-refractivity contribution < 1.29 is 19.1 Å². The van der Waals surface area contributed by atoms with E-state index in [1.54, 1.807) is 0 Å². The molecule has 0 fully saturated rings. The molecule has 2 rings (SSSR count). The molecule has 6 heteroatoms. The molecule has 2 aromatic rings. The van der Waals surface area contributed by atoms with Crippen molar-refractivity contribution in [3.63, 3.8) is 0 Å². The molecule has 1 aromatic carbocycles. The maximum atomic E-state index is 13.8. The van der Waals surface area contributed by atoms with Gasteiger partial charge in [-0.15, -0.1) is 0 Å². The summed E-state index contributed by atoms with van der Waals surface area (Å²) in [6.45, 7) is 0.380. The van der Waals surface area contributed by atoms with Crippen LogP contribution in [0.15, 0.2) is 41.1 Å². The fourth-order valence-corrected chi connectivity index (χ4v) is 2.31. The monoisotopic (exact) mass is 305 g/mol. The zero-order chi connectivity index (χ0) is 15.2. The van der Waals surface area contributed by atoms with Crippen molar-refractivity contribution in [2.75, 3.05) is 0 Å². The number of nitrogens with one attached hydrogen (secondary N) is 1. The number of benzene rings is 1. The molecule has 0 unspecified atom stereocenters. The van der Waals surface area contributed by atoms with Crippen LogP contribution in [0.3, 0.4) is 0 Å². The van der Waals surface area contributed by atoms with Gasteiger partial charge in [-0.3, -0.25) is 4.79 Å². The highest BCUT2D eigenvalue weighted by Crippen LogP contribution is 2.13. The Morgan fingerprint density at radius 3 is 2.76 bits per heavy atom. The second-order valence-corrected chi connectivity index (χ2v) is 5.00. The Morgan fingerprint density at radius 2 is 2.14 bits per heavy atom. The van der Waals surface area contributed by atoms with Crippen LogP contribution in [0.1, 0.15) is 21.5 Å². The molecule has 0 spiro atoms. The highest BCUT2D eigenvalue weighted by atomic mass is 32.1. The van der Waals surface area contributed by atoms with Crippen molar-refractivity contribution in [1.82, 2.24) is 5.32 Å². The number of carboxylic acid groups (broad SMARTS) is 1. The molecule has 0 atom stereocenters. The molecule has 0 saturated carbocycles. The third kappa shape index (κ3) is 4.25. The first kappa shape index (κ1) is 14.9. The molecule has 1 amide bonds. The molecule has 21 heavy (non-hydrogen) atoms. The minimum absolute atomic E-state index is 0.117. The molecule has 0 bridgehead atoms. The third-order valence-electron chi connectivity index (χ3n) is 2.70. The maximum Gasteiger partial charge on any atom is 0.328 e. The molecule has 0 aliphatic heterocycles. The summed E-state index contributed by atoms with van der Waals surface area (Å²) < 4.78 is 13.8. The Labute approximate surface area is 124 Å². The van der Waals surface area contributed by atoms with E-state index in [0.29, 0.717) is 6.54 Å². The Bertz CT molecular complexity index is 680. The second kappa shape index (κ2) is 6.81. The Balaban J connectivity index is 2.05. The number of amides is 1. The predicted octanol–water partition coefficient (Wildman–Crippen LogP) is 2.92. The molecule has 2 N–H and O–H groups in total. The maximum absolute atomic E-state index is 13.8. The van der Waals surface area contributed by atoms with Crippen LogP contribution in [-0.4, -0.2) is 17.0 Å². The van der Waals surface area contributed by atoms with Crippen molar-refractivity contribution >= 4 is 29.3 Å². The van der Waals surface area contributed by atoms with Gasteiger partial charge >= 0.3 is 5.97 Å². The van der Waals surface area contributed by atoms with Crippen molar-refractivity contribution in [2.24, 2.45) is 0 Å². The SMILES string of the molecule is O=C(O)C=Cc1ccc(C(=O)NCc2ccsc2)cc1F. The summed E-state index contributed by atoms with van der Waals surface area (Å²) in [6.07, 6.45) is 1.99. The first-order valence-electron chi connectivity index (χ1n) is 6.06. The van der Waals surface area contributed by atoms with E-state index >= 15 is 0 Å². The van der Waals surface area contributed by atoms with Gasteiger partial charge < -0.3 is 10.4 Å². The molecule has 1 heterocycles. The van der Waals surface area contributed by atoms with E-state index in [0.717, 1.165) is 23.8 Å². The van der Waals surface area contributed by atoms with E-state index in [9.17, 15) is 14.0 Å². The average Bonchev–Trinajstić information content (AvgIpc) is 2.96. The highest BCUT2D eigenvalue weighted by Gasteiger charge is 2.08. The van der Waals surface area contributed by atoms with E-state index in [1.165, 1.54) is 23.5 Å². The summed E-state index contributed by atoms with van der Waals surface area (Å²) in [4.78, 5) is 22.3. The van der Waals surface area contributed by atoms with Gasteiger partial charge in [0.1, 0.15) is 5.82 Å². The molecule has 0 radical (unpaired) electrons. The van der Waals surface area contributed by atoms with Crippen LogP contribution in [0.5, 0.6) is 0 Å². The highest BCUT2D eigenvalue weighted by molar-refractivity contribution is 7.07. The smallest absolute Gasteiger partial charge is 0.328 e. The molecule has 0 aliphatic carbocycles. The number of carbonyl (C=O) groups is 2. The van der Waals surface area contributed by atoms with Crippen LogP contribution in [0.25, 0.3) is 6.08 Å². The van der Waals surface area contributed by atoms with Crippen LogP contribution in [-0.2, 0) is 11.3 Å². The van der Waals surface area contributed by atoms with Crippen LogP contribution in [0, 0.1) is 5.82 Å². The van der Waals surface area contributed by atoms with Crippen molar-refractivity contribution in [3.05, 3.63) is 63.6 Å². The summed E-state index contributed by atoms with van der Waals surface area (Å²) >= 11 is 1.53. The fourth-order valence-electron chi connectivity index (χ4n) is 1.64. The predicted molar refractivity (Wildman–Crippen MR) is 78.6 cm³/mol. The van der Waals surface area contributed by atoms with Gasteiger partial charge in [-0.1, -0.05) is 6.07 Å². The van der Waals surface area contributed by atoms with Gasteiger partial charge in [0.15, 0.2) is 0 Å². The number of halogens is 1. The van der Waals surface area contributed by atoms with Gasteiger partial charge in [0.05, 0.1) is 0 Å². The normalized spacial score (nSPS) is 10.7. The van der Waals surface area contributed by atoms with Crippen molar-refractivity contribution in [3.8, 4) is 0 Å². The van der Waals surface area contributed by atoms with Gasteiger partial charge in [-0.05, 0) is 40.6 Å². The molecule has 108 valence electrons. The lowest BCUT2D eigenvalue weighted by Gasteiger charge is -2.05. The van der Waals surface area contributed by atoms with E-state index in [2.05, 4.69) is 5.32 Å². The molecule has 0 aliphatic rings. The molecular weight excluding hydrogens is 293 g/mol. The summed E-state index contributed by atoms with van der Waals surface area (Å²) in [5.41, 5.74) is 1.29. The lowest BCUT2D eigenvalue weighted by atomic mass is 10.1. The first-order chi connectivity index (χ1) is 10.1. The number of carboxylic acids is 1. The lowest BCUT2D eigenvalue weighted by Crippen LogP contribution is -2.22.